The zero-order valence-corrected chi connectivity index (χ0v) is 21.8. The third-order valence-corrected chi connectivity index (χ3v) is 9.65. The molecule has 0 radical (unpaired) electrons. The molecule has 200 valence electrons. The van der Waals surface area contributed by atoms with Gasteiger partial charge in [0.1, 0.15) is 6.04 Å². The van der Waals surface area contributed by atoms with Gasteiger partial charge in [-0.15, -0.1) is 0 Å². The number of amides is 5. The topological polar surface area (TPSA) is 142 Å². The Hall–Kier alpha value is -3.73. The molecular formula is C27H30N4O6S. The molecule has 2 fully saturated rings. The molecule has 5 rings (SSSR count). The predicted molar refractivity (Wildman–Crippen MR) is 138 cm³/mol. The van der Waals surface area contributed by atoms with E-state index in [1.807, 2.05) is 24.3 Å². The average molecular weight is 539 g/mol. The van der Waals surface area contributed by atoms with Crippen molar-refractivity contribution in [1.82, 2.24) is 20.9 Å². The highest BCUT2D eigenvalue weighted by Gasteiger charge is 2.42. The lowest BCUT2D eigenvalue weighted by Crippen LogP contribution is -2.56. The molecule has 3 unspecified atom stereocenters. The minimum atomic E-state index is -3.30. The minimum absolute atomic E-state index is 0.0192. The van der Waals surface area contributed by atoms with Crippen molar-refractivity contribution in [2.75, 3.05) is 18.8 Å². The van der Waals surface area contributed by atoms with Crippen molar-refractivity contribution in [3.05, 3.63) is 65.2 Å². The molecule has 11 heteroatoms. The number of sulfone groups is 1. The number of hydrogen-bond donors (Lipinski definition) is 3. The van der Waals surface area contributed by atoms with Crippen molar-refractivity contribution >= 4 is 33.6 Å². The number of likely N-dealkylation sites (tertiary alicyclic amines) is 1. The van der Waals surface area contributed by atoms with Crippen LogP contribution in [0.1, 0.15) is 53.6 Å². The Morgan fingerprint density at radius 2 is 1.68 bits per heavy atom. The monoisotopic (exact) mass is 538 g/mol. The predicted octanol–water partition coefficient (Wildman–Crippen LogP) is 1.56. The number of urea groups is 1. The molecule has 3 N–H and O–H groups in total. The highest BCUT2D eigenvalue weighted by atomic mass is 32.2. The molecule has 2 aromatic carbocycles. The highest BCUT2D eigenvalue weighted by Crippen LogP contribution is 2.38. The van der Waals surface area contributed by atoms with E-state index in [0.29, 0.717) is 42.8 Å². The van der Waals surface area contributed by atoms with Crippen molar-refractivity contribution < 1.29 is 27.6 Å². The number of rotatable bonds is 5. The van der Waals surface area contributed by atoms with E-state index < -0.39 is 33.9 Å². The number of imide groups is 1. The fourth-order valence-electron chi connectivity index (χ4n) is 5.77. The molecule has 38 heavy (non-hydrogen) atoms. The molecule has 3 atom stereocenters. The summed E-state index contributed by atoms with van der Waals surface area (Å²) in [7, 11) is -3.30. The van der Waals surface area contributed by atoms with E-state index in [-0.39, 0.29) is 29.4 Å². The second-order valence-corrected chi connectivity index (χ2v) is 12.2. The summed E-state index contributed by atoms with van der Waals surface area (Å²) >= 11 is 0. The molecule has 0 aliphatic carbocycles. The summed E-state index contributed by atoms with van der Waals surface area (Å²) in [5.74, 6) is -1.02. The summed E-state index contributed by atoms with van der Waals surface area (Å²) in [4.78, 5) is 51.4. The Balaban J connectivity index is 1.34. The van der Waals surface area contributed by atoms with Crippen molar-refractivity contribution in [2.24, 2.45) is 5.92 Å². The summed E-state index contributed by atoms with van der Waals surface area (Å²) in [5, 5.41) is 7.82. The molecule has 3 aliphatic rings. The van der Waals surface area contributed by atoms with Gasteiger partial charge in [-0.3, -0.25) is 19.7 Å². The molecule has 3 heterocycles. The van der Waals surface area contributed by atoms with E-state index >= 15 is 0 Å². The van der Waals surface area contributed by atoms with Crippen LogP contribution in [0.25, 0.3) is 0 Å². The maximum absolute atomic E-state index is 13.3. The normalized spacial score (nSPS) is 23.7. The number of carbonyl (C=O) groups excluding carboxylic acids is 4. The largest absolute Gasteiger partial charge is 0.346 e. The first kappa shape index (κ1) is 25.9. The Morgan fingerprint density at radius 1 is 1.00 bits per heavy atom. The van der Waals surface area contributed by atoms with Gasteiger partial charge < -0.3 is 15.5 Å². The zero-order valence-electron chi connectivity index (χ0n) is 21.0. The van der Waals surface area contributed by atoms with E-state index in [4.69, 9.17) is 0 Å². The smallest absolute Gasteiger partial charge is 0.322 e. The van der Waals surface area contributed by atoms with Gasteiger partial charge in [-0.1, -0.05) is 30.3 Å². The number of benzene rings is 2. The van der Waals surface area contributed by atoms with Crippen LogP contribution in [0.3, 0.4) is 0 Å². The van der Waals surface area contributed by atoms with Crippen molar-refractivity contribution in [3.63, 3.8) is 0 Å². The molecule has 10 nitrogen and oxygen atoms in total. The molecule has 0 saturated carbocycles. The minimum Gasteiger partial charge on any atom is -0.346 e. The number of piperidine rings is 1. The van der Waals surface area contributed by atoms with Gasteiger partial charge in [0.05, 0.1) is 16.7 Å². The second kappa shape index (κ2) is 10.2. The summed E-state index contributed by atoms with van der Waals surface area (Å²) < 4.78 is 25.0. The van der Waals surface area contributed by atoms with Gasteiger partial charge in [0.25, 0.3) is 11.8 Å². The van der Waals surface area contributed by atoms with Crippen LogP contribution in [0.5, 0.6) is 0 Å². The first-order chi connectivity index (χ1) is 18.1. The first-order valence-electron chi connectivity index (χ1n) is 12.7. The van der Waals surface area contributed by atoms with Crippen molar-refractivity contribution in [3.8, 4) is 0 Å². The van der Waals surface area contributed by atoms with E-state index in [1.165, 1.54) is 6.92 Å². The molecule has 2 aromatic rings. The lowest BCUT2D eigenvalue weighted by Gasteiger charge is -2.37. The van der Waals surface area contributed by atoms with Crippen LogP contribution in [-0.2, 0) is 19.4 Å². The first-order valence-corrected chi connectivity index (χ1v) is 14.4. The summed E-state index contributed by atoms with van der Waals surface area (Å²) in [6.45, 7) is 2.54. The van der Waals surface area contributed by atoms with Crippen LogP contribution in [0.4, 0.5) is 4.79 Å². The SMILES string of the molecule is CC(=O)N1CCC(C(NC(=O)c2ccc(C3CCS(=O)(=O)c4ccccc43)cc2)C2NC(=O)NC2=O)CC1. The Labute approximate surface area is 221 Å². The van der Waals surface area contributed by atoms with Gasteiger partial charge in [-0.25, -0.2) is 13.2 Å². The van der Waals surface area contributed by atoms with Gasteiger partial charge in [-0.2, -0.15) is 0 Å². The molecule has 3 aliphatic heterocycles. The third-order valence-electron chi connectivity index (χ3n) is 7.84. The Morgan fingerprint density at radius 3 is 2.32 bits per heavy atom. The highest BCUT2D eigenvalue weighted by molar-refractivity contribution is 7.91. The van der Waals surface area contributed by atoms with Crippen molar-refractivity contribution in [1.29, 1.82) is 0 Å². The van der Waals surface area contributed by atoms with Crippen molar-refractivity contribution in [2.45, 2.75) is 49.1 Å². The van der Waals surface area contributed by atoms with Gasteiger partial charge in [0.2, 0.25) is 5.91 Å². The van der Waals surface area contributed by atoms with Crippen LogP contribution in [0.15, 0.2) is 53.4 Å². The lowest BCUT2D eigenvalue weighted by molar-refractivity contribution is -0.130. The molecular weight excluding hydrogens is 508 g/mol. The molecule has 2 saturated heterocycles. The lowest BCUT2D eigenvalue weighted by atomic mass is 9.84. The van der Waals surface area contributed by atoms with E-state index in [1.54, 1.807) is 29.2 Å². The number of nitrogens with one attached hydrogen (secondary N) is 3. The molecule has 0 spiro atoms. The number of nitrogens with zero attached hydrogens (tertiary/aromatic N) is 1. The maximum Gasteiger partial charge on any atom is 0.322 e. The van der Waals surface area contributed by atoms with Crippen LogP contribution < -0.4 is 16.0 Å². The van der Waals surface area contributed by atoms with E-state index in [2.05, 4.69) is 16.0 Å². The van der Waals surface area contributed by atoms with Crippen LogP contribution in [0.2, 0.25) is 0 Å². The standard InChI is InChI=1S/C27H30N4O6S/c1-16(32)31-13-10-18(11-14-31)23(24-26(34)30-27(35)29-24)28-25(33)19-8-6-17(7-9-19)20-12-15-38(36,37)22-5-3-2-4-21(20)22/h2-9,18,20,23-24H,10-15H2,1H3,(H,28,33)(H2,29,30,34,35). The van der Waals surface area contributed by atoms with Crippen LogP contribution in [0, 0.1) is 5.92 Å². The average Bonchev–Trinajstić information content (AvgIpc) is 3.24. The number of carbonyl (C=O) groups is 4. The quantitative estimate of drug-likeness (QED) is 0.494. The maximum atomic E-state index is 13.3. The van der Waals surface area contributed by atoms with E-state index in [9.17, 15) is 27.6 Å². The summed E-state index contributed by atoms with van der Waals surface area (Å²) in [6.07, 6.45) is 1.64. The van der Waals surface area contributed by atoms with Gasteiger partial charge in [0, 0.05) is 31.5 Å². The molecule has 0 aromatic heterocycles. The second-order valence-electron chi connectivity index (χ2n) is 10.1. The Kier molecular flexibility index (Phi) is 6.95. The van der Waals surface area contributed by atoms with E-state index in [0.717, 1.165) is 11.1 Å². The molecule has 5 amide bonds. The molecule has 0 bridgehead atoms. The Bertz CT molecular complexity index is 1380. The van der Waals surface area contributed by atoms with Gasteiger partial charge in [0.15, 0.2) is 9.84 Å². The summed E-state index contributed by atoms with van der Waals surface area (Å²) in [5.41, 5.74) is 2.07. The number of hydrogen-bond acceptors (Lipinski definition) is 6. The van der Waals surface area contributed by atoms with Crippen LogP contribution in [-0.4, -0.2) is 68.0 Å². The fraction of sp³-hybridized carbons (Fsp3) is 0.407. The van der Waals surface area contributed by atoms with Gasteiger partial charge in [-0.05, 0) is 54.5 Å². The number of fused-ring (bicyclic) bond motifs is 1. The zero-order chi connectivity index (χ0) is 27.0. The van der Waals surface area contributed by atoms with Gasteiger partial charge >= 0.3 is 6.03 Å². The fourth-order valence-corrected chi connectivity index (χ4v) is 7.39. The van der Waals surface area contributed by atoms with Crippen LogP contribution >= 0.6 is 0 Å². The third kappa shape index (κ3) is 5.02. The summed E-state index contributed by atoms with van der Waals surface area (Å²) in [6, 6.07) is 11.9.